The fourth-order valence-corrected chi connectivity index (χ4v) is 3.67. The number of fused-ring (bicyclic) bond motifs is 2. The van der Waals surface area contributed by atoms with E-state index in [-0.39, 0.29) is 0 Å². The molecule has 0 spiro atoms. The first-order chi connectivity index (χ1) is 8.86. The molecule has 2 aliphatic rings. The molecule has 0 unspecified atom stereocenters. The molecule has 3 heteroatoms. The average molecular weight is 245 g/mol. The predicted molar refractivity (Wildman–Crippen MR) is 73.8 cm³/mol. The Balaban J connectivity index is 1.72. The lowest BCUT2D eigenvalue weighted by molar-refractivity contribution is 0.0177. The van der Waals surface area contributed by atoms with E-state index in [1.165, 1.54) is 37.7 Å². The summed E-state index contributed by atoms with van der Waals surface area (Å²) < 4.78 is 0. The van der Waals surface area contributed by atoms with Gasteiger partial charge >= 0.3 is 0 Å². The fraction of sp³-hybridized carbons (Fsp3) is 0.600. The second-order valence-corrected chi connectivity index (χ2v) is 5.73. The summed E-state index contributed by atoms with van der Waals surface area (Å²) in [5, 5.41) is 0. The molecule has 2 atom stereocenters. The smallest absolute Gasteiger partial charge is 0.0240 e. The van der Waals surface area contributed by atoms with Gasteiger partial charge in [-0.1, -0.05) is 36.8 Å². The first-order valence-corrected chi connectivity index (χ1v) is 7.12. The maximum absolute atomic E-state index is 5.64. The second-order valence-electron chi connectivity index (χ2n) is 5.73. The van der Waals surface area contributed by atoms with Crippen LogP contribution in [0.1, 0.15) is 37.7 Å². The van der Waals surface area contributed by atoms with E-state index in [4.69, 9.17) is 5.84 Å². The molecule has 1 aromatic carbocycles. The van der Waals surface area contributed by atoms with Gasteiger partial charge in [0.15, 0.2) is 0 Å². The van der Waals surface area contributed by atoms with Crippen LogP contribution in [0, 0.1) is 0 Å². The Bertz CT molecular complexity index is 365. The Morgan fingerprint density at radius 2 is 1.78 bits per heavy atom. The fourth-order valence-electron chi connectivity index (χ4n) is 3.67. The number of nitrogens with one attached hydrogen (secondary N) is 1. The number of hydrogen-bond acceptors (Lipinski definition) is 3. The minimum absolute atomic E-state index is 0.521. The van der Waals surface area contributed by atoms with E-state index < -0.39 is 0 Å². The molecule has 3 N–H and O–H groups in total. The quantitative estimate of drug-likeness (QED) is 0.632. The summed E-state index contributed by atoms with van der Waals surface area (Å²) in [5.41, 5.74) is 4.43. The van der Waals surface area contributed by atoms with E-state index in [0.29, 0.717) is 6.04 Å². The van der Waals surface area contributed by atoms with E-state index in [2.05, 4.69) is 40.7 Å². The van der Waals surface area contributed by atoms with Crippen LogP contribution < -0.4 is 11.3 Å². The van der Waals surface area contributed by atoms with Crippen LogP contribution >= 0.6 is 0 Å². The van der Waals surface area contributed by atoms with Crippen molar-refractivity contribution in [2.45, 2.75) is 56.8 Å². The monoisotopic (exact) mass is 245 g/mol. The minimum atomic E-state index is 0.521. The Kier molecular flexibility index (Phi) is 3.64. The van der Waals surface area contributed by atoms with Crippen LogP contribution in [0.4, 0.5) is 0 Å². The zero-order chi connectivity index (χ0) is 12.4. The highest BCUT2D eigenvalue weighted by Crippen LogP contribution is 2.34. The van der Waals surface area contributed by atoms with Crippen LogP contribution in [-0.2, 0) is 6.54 Å². The summed E-state index contributed by atoms with van der Waals surface area (Å²) in [4.78, 5) is 2.71. The van der Waals surface area contributed by atoms with Gasteiger partial charge in [-0.05, 0) is 31.2 Å². The van der Waals surface area contributed by atoms with Crippen LogP contribution in [0.25, 0.3) is 0 Å². The van der Waals surface area contributed by atoms with Crippen molar-refractivity contribution in [3.05, 3.63) is 35.9 Å². The predicted octanol–water partition coefficient (Wildman–Crippen LogP) is 2.04. The van der Waals surface area contributed by atoms with Gasteiger partial charge < -0.3 is 0 Å². The highest BCUT2D eigenvalue weighted by molar-refractivity contribution is 5.15. The SMILES string of the molecule is NNC1C[C@H]2CCC[C@H](C1)N2Cc1ccccc1. The van der Waals surface area contributed by atoms with Crippen molar-refractivity contribution < 1.29 is 0 Å². The molecule has 98 valence electrons. The molecule has 0 amide bonds. The van der Waals surface area contributed by atoms with Crippen LogP contribution in [0.5, 0.6) is 0 Å². The Morgan fingerprint density at radius 1 is 1.11 bits per heavy atom. The van der Waals surface area contributed by atoms with Crippen molar-refractivity contribution in [3.8, 4) is 0 Å². The first-order valence-electron chi connectivity index (χ1n) is 7.12. The maximum Gasteiger partial charge on any atom is 0.0240 e. The van der Waals surface area contributed by atoms with E-state index in [1.807, 2.05) is 0 Å². The maximum atomic E-state index is 5.64. The summed E-state index contributed by atoms with van der Waals surface area (Å²) in [6.45, 7) is 1.10. The number of nitrogens with two attached hydrogens (primary N) is 1. The third-order valence-corrected chi connectivity index (χ3v) is 4.57. The van der Waals surface area contributed by atoms with Crippen LogP contribution in [-0.4, -0.2) is 23.0 Å². The molecule has 18 heavy (non-hydrogen) atoms. The van der Waals surface area contributed by atoms with Crippen molar-refractivity contribution in [3.63, 3.8) is 0 Å². The van der Waals surface area contributed by atoms with Gasteiger partial charge in [0.2, 0.25) is 0 Å². The molecule has 1 aromatic rings. The lowest BCUT2D eigenvalue weighted by Crippen LogP contribution is -2.56. The topological polar surface area (TPSA) is 41.3 Å². The zero-order valence-corrected chi connectivity index (χ0v) is 10.9. The highest BCUT2D eigenvalue weighted by Gasteiger charge is 2.37. The summed E-state index contributed by atoms with van der Waals surface area (Å²) in [6, 6.07) is 12.8. The molecule has 2 saturated heterocycles. The average Bonchev–Trinajstić information content (AvgIpc) is 2.39. The molecular formula is C15H23N3. The number of benzene rings is 1. The number of piperidine rings is 2. The number of hydrazine groups is 1. The molecular weight excluding hydrogens is 222 g/mol. The van der Waals surface area contributed by atoms with Gasteiger partial charge in [-0.2, -0.15) is 0 Å². The number of rotatable bonds is 3. The van der Waals surface area contributed by atoms with E-state index >= 15 is 0 Å². The van der Waals surface area contributed by atoms with Crippen molar-refractivity contribution in [1.29, 1.82) is 0 Å². The first kappa shape index (κ1) is 12.2. The third-order valence-electron chi connectivity index (χ3n) is 4.57. The molecule has 3 nitrogen and oxygen atoms in total. The summed E-state index contributed by atoms with van der Waals surface area (Å²) >= 11 is 0. The molecule has 3 rings (SSSR count). The van der Waals surface area contributed by atoms with Gasteiger partial charge in [0, 0.05) is 24.7 Å². The Morgan fingerprint density at radius 3 is 2.39 bits per heavy atom. The van der Waals surface area contributed by atoms with Gasteiger partial charge in [-0.3, -0.25) is 16.2 Å². The van der Waals surface area contributed by atoms with Gasteiger partial charge in [0.25, 0.3) is 0 Å². The Labute approximate surface area is 109 Å². The Hall–Kier alpha value is -0.900. The standard InChI is InChI=1S/C15H23N3/c16-17-13-9-14-7-4-8-15(10-13)18(14)11-12-5-2-1-3-6-12/h1-3,5-6,13-15,17H,4,7-11,16H2/t14-,15-/m1/s1. The van der Waals surface area contributed by atoms with Gasteiger partial charge in [-0.15, -0.1) is 0 Å². The van der Waals surface area contributed by atoms with E-state index in [9.17, 15) is 0 Å². The van der Waals surface area contributed by atoms with Gasteiger partial charge in [0.05, 0.1) is 0 Å². The van der Waals surface area contributed by atoms with Crippen molar-refractivity contribution in [2.24, 2.45) is 5.84 Å². The van der Waals surface area contributed by atoms with Crippen LogP contribution in [0.2, 0.25) is 0 Å². The summed E-state index contributed by atoms with van der Waals surface area (Å²) in [7, 11) is 0. The van der Waals surface area contributed by atoms with E-state index in [0.717, 1.165) is 18.6 Å². The molecule has 2 heterocycles. The number of nitrogens with zero attached hydrogens (tertiary/aromatic N) is 1. The molecule has 0 radical (unpaired) electrons. The van der Waals surface area contributed by atoms with Crippen molar-refractivity contribution in [1.82, 2.24) is 10.3 Å². The normalized spacial score (nSPS) is 32.4. The molecule has 2 bridgehead atoms. The van der Waals surface area contributed by atoms with Crippen molar-refractivity contribution in [2.75, 3.05) is 0 Å². The lowest BCUT2D eigenvalue weighted by Gasteiger charge is -2.48. The highest BCUT2D eigenvalue weighted by atomic mass is 15.3. The largest absolute Gasteiger partial charge is 0.293 e. The lowest BCUT2D eigenvalue weighted by atomic mass is 9.81. The second kappa shape index (κ2) is 5.39. The molecule has 0 aromatic heterocycles. The molecule has 2 aliphatic heterocycles. The van der Waals surface area contributed by atoms with Crippen LogP contribution in [0.3, 0.4) is 0 Å². The third kappa shape index (κ3) is 2.44. The van der Waals surface area contributed by atoms with Crippen LogP contribution in [0.15, 0.2) is 30.3 Å². The van der Waals surface area contributed by atoms with Crippen molar-refractivity contribution >= 4 is 0 Å². The van der Waals surface area contributed by atoms with Gasteiger partial charge in [-0.25, -0.2) is 0 Å². The zero-order valence-electron chi connectivity index (χ0n) is 10.9. The molecule has 0 saturated carbocycles. The summed E-state index contributed by atoms with van der Waals surface area (Å²) in [5.74, 6) is 5.64. The number of hydrogen-bond donors (Lipinski definition) is 2. The van der Waals surface area contributed by atoms with E-state index in [1.54, 1.807) is 0 Å². The summed E-state index contributed by atoms with van der Waals surface area (Å²) in [6.07, 6.45) is 6.47. The molecule has 0 aliphatic carbocycles. The minimum Gasteiger partial charge on any atom is -0.293 e. The molecule has 2 fully saturated rings. The van der Waals surface area contributed by atoms with Gasteiger partial charge in [0.1, 0.15) is 0 Å².